The first-order valence-electron chi connectivity index (χ1n) is 7.82. The number of hydrogen-bond donors (Lipinski definition) is 1. The highest BCUT2D eigenvalue weighted by Crippen LogP contribution is 2.54. The fourth-order valence-electron chi connectivity index (χ4n) is 3.85. The molecule has 25 heavy (non-hydrogen) atoms. The third-order valence-corrected chi connectivity index (χ3v) is 6.00. The molecule has 0 amide bonds. The van der Waals surface area contributed by atoms with Crippen molar-refractivity contribution in [2.45, 2.75) is 18.4 Å². The van der Waals surface area contributed by atoms with Gasteiger partial charge in [0.25, 0.3) is 5.69 Å². The van der Waals surface area contributed by atoms with E-state index in [2.05, 4.69) is 11.4 Å². The maximum atomic E-state index is 11.5. The normalized spacial score (nSPS) is 23.7. The zero-order valence-electron chi connectivity index (χ0n) is 12.9. The van der Waals surface area contributed by atoms with Gasteiger partial charge in [0.05, 0.1) is 37.3 Å². The van der Waals surface area contributed by atoms with Crippen LogP contribution in [0, 0.1) is 16.0 Å². The molecule has 0 saturated heterocycles. The van der Waals surface area contributed by atoms with Crippen molar-refractivity contribution >= 4 is 46.2 Å². The van der Waals surface area contributed by atoms with Crippen molar-refractivity contribution in [3.05, 3.63) is 78.8 Å². The second-order valence-corrected chi connectivity index (χ2v) is 7.48. The SMILES string of the molecule is O=[N+]([O-])c1ccc(Cl)c2c1[C@@H]1C=CC[C@@H]1[C@@H](c1ccc(Cl)c(Cl)c1)N2. The van der Waals surface area contributed by atoms with Crippen molar-refractivity contribution in [1.29, 1.82) is 0 Å². The molecule has 128 valence electrons. The van der Waals surface area contributed by atoms with Gasteiger partial charge in [0.1, 0.15) is 0 Å². The fourth-order valence-corrected chi connectivity index (χ4v) is 4.38. The molecule has 0 spiro atoms. The van der Waals surface area contributed by atoms with Crippen LogP contribution in [-0.4, -0.2) is 4.92 Å². The van der Waals surface area contributed by atoms with E-state index in [9.17, 15) is 10.1 Å². The Bertz CT molecular complexity index is 913. The first-order chi connectivity index (χ1) is 12.0. The zero-order chi connectivity index (χ0) is 17.7. The lowest BCUT2D eigenvalue weighted by Crippen LogP contribution is -2.29. The molecule has 0 saturated carbocycles. The molecule has 2 aromatic rings. The highest BCUT2D eigenvalue weighted by Gasteiger charge is 2.42. The Hall–Kier alpha value is -1.75. The van der Waals surface area contributed by atoms with Gasteiger partial charge in [-0.1, -0.05) is 53.0 Å². The molecule has 1 aliphatic carbocycles. The molecule has 0 radical (unpaired) electrons. The van der Waals surface area contributed by atoms with Gasteiger partial charge < -0.3 is 5.32 Å². The fraction of sp³-hybridized carbons (Fsp3) is 0.222. The van der Waals surface area contributed by atoms with E-state index in [-0.39, 0.29) is 28.5 Å². The molecule has 7 heteroatoms. The van der Waals surface area contributed by atoms with Gasteiger partial charge in [0.2, 0.25) is 0 Å². The maximum Gasteiger partial charge on any atom is 0.275 e. The molecule has 4 nitrogen and oxygen atoms in total. The Kier molecular flexibility index (Phi) is 4.14. The van der Waals surface area contributed by atoms with Gasteiger partial charge >= 0.3 is 0 Å². The summed E-state index contributed by atoms with van der Waals surface area (Å²) in [5.41, 5.74) is 2.37. The molecular weight excluding hydrogens is 383 g/mol. The molecule has 0 fully saturated rings. The van der Waals surface area contributed by atoms with Crippen LogP contribution in [0.2, 0.25) is 15.1 Å². The Balaban J connectivity index is 1.87. The Morgan fingerprint density at radius 2 is 1.84 bits per heavy atom. The minimum atomic E-state index is -0.348. The third-order valence-electron chi connectivity index (χ3n) is 4.95. The Morgan fingerprint density at radius 3 is 2.56 bits per heavy atom. The number of benzene rings is 2. The number of nitro benzene ring substituents is 1. The lowest BCUT2D eigenvalue weighted by molar-refractivity contribution is -0.385. The number of nitrogens with one attached hydrogen (secondary N) is 1. The maximum absolute atomic E-state index is 11.5. The second-order valence-electron chi connectivity index (χ2n) is 6.26. The Morgan fingerprint density at radius 1 is 1.08 bits per heavy atom. The summed E-state index contributed by atoms with van der Waals surface area (Å²) in [7, 11) is 0. The summed E-state index contributed by atoms with van der Waals surface area (Å²) in [6, 6.07) is 8.52. The lowest BCUT2D eigenvalue weighted by Gasteiger charge is -2.37. The number of nitro groups is 1. The second kappa shape index (κ2) is 6.20. The number of fused-ring (bicyclic) bond motifs is 3. The number of allylic oxidation sites excluding steroid dienone is 2. The molecule has 1 N–H and O–H groups in total. The van der Waals surface area contributed by atoms with E-state index in [0.29, 0.717) is 26.3 Å². The minimum absolute atomic E-state index is 0.0539. The zero-order valence-corrected chi connectivity index (χ0v) is 15.1. The van der Waals surface area contributed by atoms with Crippen LogP contribution in [0.1, 0.15) is 29.5 Å². The predicted octanol–water partition coefficient (Wildman–Crippen LogP) is 6.38. The molecule has 1 aliphatic heterocycles. The number of hydrogen-bond acceptors (Lipinski definition) is 3. The molecule has 0 unspecified atom stereocenters. The summed E-state index contributed by atoms with van der Waals surface area (Å²) in [4.78, 5) is 11.1. The number of halogens is 3. The number of nitrogens with zero attached hydrogens (tertiary/aromatic N) is 1. The predicted molar refractivity (Wildman–Crippen MR) is 101 cm³/mol. The van der Waals surface area contributed by atoms with Gasteiger partial charge in [-0.25, -0.2) is 0 Å². The first-order valence-corrected chi connectivity index (χ1v) is 8.95. The summed E-state index contributed by atoms with van der Waals surface area (Å²) in [5, 5.41) is 16.4. The highest BCUT2D eigenvalue weighted by molar-refractivity contribution is 6.42. The topological polar surface area (TPSA) is 55.2 Å². The van der Waals surface area contributed by atoms with Gasteiger partial charge in [0.15, 0.2) is 0 Å². The van der Waals surface area contributed by atoms with Crippen LogP contribution in [0.4, 0.5) is 11.4 Å². The standard InChI is InChI=1S/C18H13Cl3N2O2/c19-12-5-4-9(8-14(12)21)17-11-3-1-2-10(11)16-15(23(24)25)7-6-13(20)18(16)22-17/h1-2,4-8,10-11,17,22H,3H2/t10-,11+,17-/m1/s1. The highest BCUT2D eigenvalue weighted by atomic mass is 35.5. The van der Waals surface area contributed by atoms with Crippen LogP contribution >= 0.6 is 34.8 Å². The molecule has 2 aromatic carbocycles. The van der Waals surface area contributed by atoms with Crippen molar-refractivity contribution in [2.24, 2.45) is 5.92 Å². The van der Waals surface area contributed by atoms with Gasteiger partial charge in [-0.3, -0.25) is 10.1 Å². The van der Waals surface area contributed by atoms with E-state index in [1.54, 1.807) is 12.1 Å². The van der Waals surface area contributed by atoms with Crippen LogP contribution in [0.5, 0.6) is 0 Å². The summed E-state index contributed by atoms with van der Waals surface area (Å²) in [6.45, 7) is 0. The van der Waals surface area contributed by atoms with Crippen LogP contribution in [0.3, 0.4) is 0 Å². The van der Waals surface area contributed by atoms with Gasteiger partial charge in [-0.15, -0.1) is 0 Å². The van der Waals surface area contributed by atoms with Crippen molar-refractivity contribution in [3.8, 4) is 0 Å². The van der Waals surface area contributed by atoms with Gasteiger partial charge in [-0.2, -0.15) is 0 Å². The van der Waals surface area contributed by atoms with E-state index >= 15 is 0 Å². The molecular formula is C18H13Cl3N2O2. The minimum Gasteiger partial charge on any atom is -0.376 e. The van der Waals surface area contributed by atoms with Gasteiger partial charge in [0, 0.05) is 12.0 Å². The van der Waals surface area contributed by atoms with E-state index < -0.39 is 0 Å². The number of anilines is 1. The van der Waals surface area contributed by atoms with Crippen LogP contribution in [-0.2, 0) is 0 Å². The van der Waals surface area contributed by atoms with Crippen molar-refractivity contribution < 1.29 is 4.92 Å². The van der Waals surface area contributed by atoms with E-state index in [1.807, 2.05) is 18.2 Å². The molecule has 0 bridgehead atoms. The molecule has 2 aliphatic rings. The van der Waals surface area contributed by atoms with Crippen LogP contribution in [0.15, 0.2) is 42.5 Å². The summed E-state index contributed by atoms with van der Waals surface area (Å²) in [5.74, 6) is 0.0942. The third kappa shape index (κ3) is 2.69. The van der Waals surface area contributed by atoms with Gasteiger partial charge in [-0.05, 0) is 36.1 Å². The van der Waals surface area contributed by atoms with E-state index in [4.69, 9.17) is 34.8 Å². The average molecular weight is 396 g/mol. The van der Waals surface area contributed by atoms with E-state index in [1.165, 1.54) is 6.07 Å². The molecule has 1 heterocycles. The quantitative estimate of drug-likeness (QED) is 0.364. The van der Waals surface area contributed by atoms with Crippen LogP contribution < -0.4 is 5.32 Å². The largest absolute Gasteiger partial charge is 0.376 e. The smallest absolute Gasteiger partial charge is 0.275 e. The summed E-state index contributed by atoms with van der Waals surface area (Å²) < 4.78 is 0. The number of rotatable bonds is 2. The summed E-state index contributed by atoms with van der Waals surface area (Å²) >= 11 is 18.6. The average Bonchev–Trinajstić information content (AvgIpc) is 3.06. The lowest BCUT2D eigenvalue weighted by atomic mass is 9.76. The molecule has 3 atom stereocenters. The molecule has 0 aromatic heterocycles. The summed E-state index contributed by atoms with van der Waals surface area (Å²) in [6.07, 6.45) is 4.94. The first kappa shape index (κ1) is 16.7. The van der Waals surface area contributed by atoms with Crippen molar-refractivity contribution in [3.63, 3.8) is 0 Å². The van der Waals surface area contributed by atoms with Crippen molar-refractivity contribution in [2.75, 3.05) is 5.32 Å². The molecule has 4 rings (SSSR count). The Labute approximate surface area is 159 Å². The van der Waals surface area contributed by atoms with Crippen molar-refractivity contribution in [1.82, 2.24) is 0 Å². The monoisotopic (exact) mass is 394 g/mol. The van der Waals surface area contributed by atoms with Crippen LogP contribution in [0.25, 0.3) is 0 Å². The van der Waals surface area contributed by atoms with E-state index in [0.717, 1.165) is 12.0 Å².